The molecule has 1 heterocycles. The van der Waals surface area contributed by atoms with Gasteiger partial charge >= 0.3 is 0 Å². The Kier molecular flexibility index (Phi) is 6.89. The van der Waals surface area contributed by atoms with Crippen LogP contribution in [0.5, 0.6) is 0 Å². The molecule has 4 heteroatoms. The molecule has 0 radical (unpaired) electrons. The first kappa shape index (κ1) is 21.0. The van der Waals surface area contributed by atoms with E-state index in [4.69, 9.17) is 0 Å². The third kappa shape index (κ3) is 4.47. The highest BCUT2D eigenvalue weighted by molar-refractivity contribution is 5.30. The Labute approximate surface area is 171 Å². The van der Waals surface area contributed by atoms with Crippen molar-refractivity contribution in [3.05, 3.63) is 71.8 Å². The average molecular weight is 381 g/mol. The van der Waals surface area contributed by atoms with Crippen LogP contribution in [0.1, 0.15) is 43.5 Å². The van der Waals surface area contributed by atoms with Crippen LogP contribution in [-0.4, -0.2) is 55.2 Å². The molecule has 1 aliphatic rings. The molecular weight excluding hydrogens is 344 g/mol. The zero-order chi connectivity index (χ0) is 20.3. The number of nitrogens with one attached hydrogen (secondary N) is 1. The van der Waals surface area contributed by atoms with Crippen molar-refractivity contribution in [1.29, 1.82) is 0 Å². The SMILES string of the molecule is CC(C)C[C@H](NN(C)C)C1N(C)[C@@H](c2ccccc2)[C@H](c2ccccc2)N1C. The molecule has 3 rings (SSSR count). The molecule has 2 aromatic carbocycles. The van der Waals surface area contributed by atoms with E-state index >= 15 is 0 Å². The molecule has 3 atom stereocenters. The molecule has 0 bridgehead atoms. The van der Waals surface area contributed by atoms with Gasteiger partial charge in [-0.2, -0.15) is 0 Å². The van der Waals surface area contributed by atoms with Crippen molar-refractivity contribution in [2.75, 3.05) is 28.2 Å². The van der Waals surface area contributed by atoms with Gasteiger partial charge in [0.05, 0.1) is 24.3 Å². The van der Waals surface area contributed by atoms with Crippen LogP contribution in [-0.2, 0) is 0 Å². The predicted molar refractivity (Wildman–Crippen MR) is 118 cm³/mol. The molecule has 1 aliphatic heterocycles. The molecule has 0 aromatic heterocycles. The van der Waals surface area contributed by atoms with Crippen LogP contribution in [0.3, 0.4) is 0 Å². The largest absolute Gasteiger partial charge is 0.281 e. The van der Waals surface area contributed by atoms with Crippen LogP contribution in [0, 0.1) is 5.92 Å². The van der Waals surface area contributed by atoms with Crippen molar-refractivity contribution in [2.45, 2.75) is 44.6 Å². The molecular formula is C24H36N4. The molecule has 152 valence electrons. The van der Waals surface area contributed by atoms with E-state index in [-0.39, 0.29) is 0 Å². The third-order valence-corrected chi connectivity index (χ3v) is 5.80. The van der Waals surface area contributed by atoms with E-state index in [1.807, 2.05) is 0 Å². The molecule has 0 saturated carbocycles. The van der Waals surface area contributed by atoms with Gasteiger partial charge in [-0.3, -0.25) is 14.8 Å². The fraction of sp³-hybridized carbons (Fsp3) is 0.500. The van der Waals surface area contributed by atoms with Crippen LogP contribution < -0.4 is 5.43 Å². The first-order chi connectivity index (χ1) is 13.4. The van der Waals surface area contributed by atoms with Gasteiger partial charge in [-0.1, -0.05) is 74.5 Å². The summed E-state index contributed by atoms with van der Waals surface area (Å²) >= 11 is 0. The van der Waals surface area contributed by atoms with Gasteiger partial charge in [0.25, 0.3) is 0 Å². The summed E-state index contributed by atoms with van der Waals surface area (Å²) in [5.41, 5.74) is 6.46. The van der Waals surface area contributed by atoms with Crippen molar-refractivity contribution >= 4 is 0 Å². The van der Waals surface area contributed by atoms with Gasteiger partial charge in [-0.05, 0) is 37.6 Å². The van der Waals surface area contributed by atoms with Crippen LogP contribution in [0.15, 0.2) is 60.7 Å². The zero-order valence-electron chi connectivity index (χ0n) is 18.2. The summed E-state index contributed by atoms with van der Waals surface area (Å²) in [7, 11) is 8.75. The molecule has 0 unspecified atom stereocenters. The van der Waals surface area contributed by atoms with Crippen LogP contribution in [0.25, 0.3) is 0 Å². The first-order valence-corrected chi connectivity index (χ1v) is 10.4. The second-order valence-electron chi connectivity index (χ2n) is 8.72. The Bertz CT molecular complexity index is 654. The second kappa shape index (κ2) is 9.19. The lowest BCUT2D eigenvalue weighted by Crippen LogP contribution is -2.55. The van der Waals surface area contributed by atoms with E-state index in [0.717, 1.165) is 6.42 Å². The highest BCUT2D eigenvalue weighted by atomic mass is 15.5. The summed E-state index contributed by atoms with van der Waals surface area (Å²) in [5.74, 6) is 0.630. The molecule has 2 aromatic rings. The monoisotopic (exact) mass is 380 g/mol. The maximum absolute atomic E-state index is 3.71. The summed E-state index contributed by atoms with van der Waals surface area (Å²) < 4.78 is 0. The molecule has 4 nitrogen and oxygen atoms in total. The quantitative estimate of drug-likeness (QED) is 0.728. The molecule has 0 amide bonds. The van der Waals surface area contributed by atoms with Gasteiger partial charge in [0, 0.05) is 14.1 Å². The minimum Gasteiger partial charge on any atom is -0.281 e. The normalized spacial score (nSPS) is 23.0. The Balaban J connectivity index is 2.02. The number of nitrogens with zero attached hydrogens (tertiary/aromatic N) is 3. The summed E-state index contributed by atoms with van der Waals surface area (Å²) in [4.78, 5) is 5.13. The zero-order valence-corrected chi connectivity index (χ0v) is 18.2. The molecule has 0 spiro atoms. The fourth-order valence-corrected chi connectivity index (χ4v) is 4.85. The minimum atomic E-state index is 0.306. The van der Waals surface area contributed by atoms with E-state index in [1.54, 1.807) is 0 Å². The lowest BCUT2D eigenvalue weighted by molar-refractivity contribution is 0.0689. The smallest absolute Gasteiger partial charge is 0.0801 e. The van der Waals surface area contributed by atoms with Crippen LogP contribution in [0.2, 0.25) is 0 Å². The van der Waals surface area contributed by atoms with Gasteiger partial charge < -0.3 is 0 Å². The molecule has 1 N–H and O–H groups in total. The fourth-order valence-electron chi connectivity index (χ4n) is 4.85. The van der Waals surface area contributed by atoms with Crippen molar-refractivity contribution in [1.82, 2.24) is 20.2 Å². The van der Waals surface area contributed by atoms with Crippen molar-refractivity contribution < 1.29 is 0 Å². The van der Waals surface area contributed by atoms with Gasteiger partial charge in [0.1, 0.15) is 0 Å². The van der Waals surface area contributed by atoms with E-state index in [0.29, 0.717) is 30.2 Å². The highest BCUT2D eigenvalue weighted by Gasteiger charge is 2.47. The standard InChI is InChI=1S/C24H36N4/c1-18(2)17-21(25-26(3)4)24-27(5)22(19-13-9-7-10-14-19)23(28(24)6)20-15-11-8-12-16-20/h7-16,18,21-25H,17H2,1-6H3/t21-,22-,23-/m0/s1. The number of rotatable bonds is 7. The molecule has 1 saturated heterocycles. The van der Waals surface area contributed by atoms with Crippen molar-refractivity contribution in [3.63, 3.8) is 0 Å². The summed E-state index contributed by atoms with van der Waals surface area (Å²) in [6.45, 7) is 4.62. The number of hydrazine groups is 1. The first-order valence-electron chi connectivity index (χ1n) is 10.4. The van der Waals surface area contributed by atoms with Crippen molar-refractivity contribution in [2.24, 2.45) is 5.92 Å². The summed E-state index contributed by atoms with van der Waals surface area (Å²) in [6.07, 6.45) is 1.43. The molecule has 1 fully saturated rings. The minimum absolute atomic E-state index is 0.306. The van der Waals surface area contributed by atoms with Crippen LogP contribution >= 0.6 is 0 Å². The topological polar surface area (TPSA) is 21.8 Å². The maximum Gasteiger partial charge on any atom is 0.0801 e. The molecule has 28 heavy (non-hydrogen) atoms. The lowest BCUT2D eigenvalue weighted by Gasteiger charge is -2.37. The second-order valence-corrected chi connectivity index (χ2v) is 8.72. The van der Waals surface area contributed by atoms with E-state index < -0.39 is 0 Å². The van der Waals surface area contributed by atoms with Gasteiger partial charge in [0.2, 0.25) is 0 Å². The Hall–Kier alpha value is -1.72. The summed E-state index contributed by atoms with van der Waals surface area (Å²) in [5, 5.41) is 2.10. The van der Waals surface area contributed by atoms with Gasteiger partial charge in [-0.25, -0.2) is 5.43 Å². The maximum atomic E-state index is 3.71. The predicted octanol–water partition coefficient (Wildman–Crippen LogP) is 4.15. The average Bonchev–Trinajstić information content (AvgIpc) is 2.92. The van der Waals surface area contributed by atoms with Crippen molar-refractivity contribution in [3.8, 4) is 0 Å². The lowest BCUT2D eigenvalue weighted by atomic mass is 9.93. The Morgan fingerprint density at radius 1 is 0.821 bits per heavy atom. The van der Waals surface area contributed by atoms with E-state index in [1.165, 1.54) is 11.1 Å². The Morgan fingerprint density at radius 2 is 1.25 bits per heavy atom. The number of hydrogen-bond donors (Lipinski definition) is 1. The van der Waals surface area contributed by atoms with E-state index in [2.05, 4.69) is 123 Å². The summed E-state index contributed by atoms with van der Waals surface area (Å²) in [6, 6.07) is 22.9. The van der Waals surface area contributed by atoms with Gasteiger partial charge in [-0.15, -0.1) is 0 Å². The Morgan fingerprint density at radius 3 is 1.61 bits per heavy atom. The number of benzene rings is 2. The van der Waals surface area contributed by atoms with Crippen LogP contribution in [0.4, 0.5) is 0 Å². The van der Waals surface area contributed by atoms with Gasteiger partial charge in [0.15, 0.2) is 0 Å². The molecule has 0 aliphatic carbocycles. The number of hydrogen-bond acceptors (Lipinski definition) is 4. The third-order valence-electron chi connectivity index (χ3n) is 5.80. The number of likely N-dealkylation sites (N-methyl/N-ethyl adjacent to an activating group) is 2. The van der Waals surface area contributed by atoms with E-state index in [9.17, 15) is 0 Å². The highest BCUT2D eigenvalue weighted by Crippen LogP contribution is 2.46.